The Labute approximate surface area is 163 Å². The summed E-state index contributed by atoms with van der Waals surface area (Å²) in [5.41, 5.74) is 3.09. The third-order valence-electron chi connectivity index (χ3n) is 4.69. The van der Waals surface area contributed by atoms with Crippen LogP contribution in [0.3, 0.4) is 0 Å². The second-order valence-corrected chi connectivity index (χ2v) is 8.67. The molecule has 0 bridgehead atoms. The number of hydrogen-bond acceptors (Lipinski definition) is 8. The van der Waals surface area contributed by atoms with Gasteiger partial charge in [0.2, 0.25) is 0 Å². The van der Waals surface area contributed by atoms with E-state index in [2.05, 4.69) is 27.2 Å². The van der Waals surface area contributed by atoms with Gasteiger partial charge in [-0.15, -0.1) is 27.8 Å². The molecule has 0 radical (unpaired) electrons. The Balaban J connectivity index is 1.45. The van der Waals surface area contributed by atoms with E-state index in [4.69, 9.17) is 9.82 Å². The van der Waals surface area contributed by atoms with Gasteiger partial charge in [0.25, 0.3) is 0 Å². The second-order valence-electron chi connectivity index (χ2n) is 6.64. The summed E-state index contributed by atoms with van der Waals surface area (Å²) < 4.78 is 1.75. The van der Waals surface area contributed by atoms with Crippen molar-refractivity contribution in [1.29, 1.82) is 0 Å². The molecule has 27 heavy (non-hydrogen) atoms. The van der Waals surface area contributed by atoms with E-state index in [1.54, 1.807) is 33.5 Å². The smallest absolute Gasteiger partial charge is 0.192 e. The average Bonchev–Trinajstić information content (AvgIpc) is 3.38. The summed E-state index contributed by atoms with van der Waals surface area (Å²) in [6.45, 7) is 4.20. The van der Waals surface area contributed by atoms with Crippen LogP contribution < -0.4 is 0 Å². The van der Waals surface area contributed by atoms with Crippen LogP contribution in [0.2, 0.25) is 0 Å². The third-order valence-corrected chi connectivity index (χ3v) is 6.79. The highest BCUT2D eigenvalue weighted by atomic mass is 32.1. The van der Waals surface area contributed by atoms with Crippen molar-refractivity contribution in [2.45, 2.75) is 26.5 Å². The molecule has 1 aliphatic heterocycles. The summed E-state index contributed by atoms with van der Waals surface area (Å²) >= 11 is 3.40. The molecule has 7 nitrogen and oxygen atoms in total. The minimum Gasteiger partial charge on any atom is -0.387 e. The molecule has 4 aromatic heterocycles. The molecule has 0 amide bonds. The molecular formula is C18H18N6OS2. The number of nitrogens with zero attached hydrogens (tertiary/aromatic N) is 6. The monoisotopic (exact) mass is 398 g/mol. The van der Waals surface area contributed by atoms with Gasteiger partial charge in [0.15, 0.2) is 18.1 Å². The van der Waals surface area contributed by atoms with E-state index < -0.39 is 0 Å². The van der Waals surface area contributed by atoms with E-state index in [1.165, 1.54) is 10.4 Å². The lowest BCUT2D eigenvalue weighted by molar-refractivity contribution is 0.125. The molecule has 0 saturated heterocycles. The number of likely N-dealkylation sites (N-methyl/N-ethyl adjacent to an activating group) is 1. The Morgan fingerprint density at radius 2 is 2.33 bits per heavy atom. The van der Waals surface area contributed by atoms with Gasteiger partial charge < -0.3 is 9.74 Å². The lowest BCUT2D eigenvalue weighted by Crippen LogP contribution is -2.25. The van der Waals surface area contributed by atoms with Crippen molar-refractivity contribution in [3.05, 3.63) is 45.0 Å². The van der Waals surface area contributed by atoms with Gasteiger partial charge >= 0.3 is 0 Å². The SMILES string of the molecule is C/C(=N/OCc1nc2c3c4c(sc3ncn2n1)CN(C)CC4)c1cccs1. The maximum absolute atomic E-state index is 5.49. The standard InChI is InChI=1S/C18H18N6OS2/c1-11(13-4-3-7-26-13)22-25-9-15-20-17-16-12-5-6-23(2)8-14(12)27-18(16)19-10-24(17)21-15/h3-4,7,10H,5-6,8-9H2,1-2H3/b22-11-. The number of oxime groups is 1. The largest absolute Gasteiger partial charge is 0.387 e. The van der Waals surface area contributed by atoms with Crippen molar-refractivity contribution in [3.63, 3.8) is 0 Å². The van der Waals surface area contributed by atoms with Gasteiger partial charge in [-0.1, -0.05) is 11.2 Å². The van der Waals surface area contributed by atoms with E-state index in [-0.39, 0.29) is 6.61 Å². The molecule has 0 fully saturated rings. The highest BCUT2D eigenvalue weighted by Gasteiger charge is 2.22. The number of fused-ring (bicyclic) bond motifs is 5. The van der Waals surface area contributed by atoms with Crippen LogP contribution in [0, 0.1) is 0 Å². The fraction of sp³-hybridized carbons (Fsp3) is 0.333. The summed E-state index contributed by atoms with van der Waals surface area (Å²) in [5, 5.41) is 11.9. The first-order valence-corrected chi connectivity index (χ1v) is 10.4. The predicted molar refractivity (Wildman–Crippen MR) is 108 cm³/mol. The van der Waals surface area contributed by atoms with Crippen LogP contribution in [0.25, 0.3) is 15.9 Å². The van der Waals surface area contributed by atoms with Crippen LogP contribution >= 0.6 is 22.7 Å². The maximum Gasteiger partial charge on any atom is 0.192 e. The maximum atomic E-state index is 5.49. The Hall–Kier alpha value is -2.36. The summed E-state index contributed by atoms with van der Waals surface area (Å²) in [6.07, 6.45) is 2.76. The van der Waals surface area contributed by atoms with Crippen molar-refractivity contribution >= 4 is 44.2 Å². The first-order chi connectivity index (χ1) is 13.2. The Morgan fingerprint density at radius 3 is 3.19 bits per heavy atom. The topological polar surface area (TPSA) is 67.9 Å². The number of thiophene rings is 2. The van der Waals surface area contributed by atoms with Crippen LogP contribution in [-0.2, 0) is 24.4 Å². The number of aromatic nitrogens is 4. The highest BCUT2D eigenvalue weighted by Crippen LogP contribution is 2.35. The molecule has 0 N–H and O–H groups in total. The van der Waals surface area contributed by atoms with E-state index in [0.717, 1.165) is 46.0 Å². The lowest BCUT2D eigenvalue weighted by Gasteiger charge is -2.21. The molecular weight excluding hydrogens is 380 g/mol. The van der Waals surface area contributed by atoms with Gasteiger partial charge in [-0.05, 0) is 37.4 Å². The van der Waals surface area contributed by atoms with Crippen LogP contribution in [-0.4, -0.2) is 43.8 Å². The minimum absolute atomic E-state index is 0.237. The zero-order valence-corrected chi connectivity index (χ0v) is 16.7. The van der Waals surface area contributed by atoms with Gasteiger partial charge in [0, 0.05) is 18.0 Å². The van der Waals surface area contributed by atoms with Gasteiger partial charge in [-0.3, -0.25) is 0 Å². The van der Waals surface area contributed by atoms with Crippen molar-refractivity contribution in [3.8, 4) is 0 Å². The summed E-state index contributed by atoms with van der Waals surface area (Å²) in [7, 11) is 2.15. The van der Waals surface area contributed by atoms with Crippen LogP contribution in [0.5, 0.6) is 0 Å². The van der Waals surface area contributed by atoms with E-state index in [1.807, 2.05) is 24.4 Å². The van der Waals surface area contributed by atoms with Crippen molar-refractivity contribution < 1.29 is 4.84 Å². The Morgan fingerprint density at radius 1 is 1.41 bits per heavy atom. The zero-order valence-electron chi connectivity index (χ0n) is 15.0. The van der Waals surface area contributed by atoms with Crippen molar-refractivity contribution in [2.24, 2.45) is 5.16 Å². The summed E-state index contributed by atoms with van der Waals surface area (Å²) in [4.78, 5) is 20.6. The number of hydrogen-bond donors (Lipinski definition) is 0. The van der Waals surface area contributed by atoms with Crippen LogP contribution in [0.4, 0.5) is 0 Å². The Kier molecular flexibility index (Phi) is 4.14. The normalized spacial score (nSPS) is 15.6. The van der Waals surface area contributed by atoms with Crippen molar-refractivity contribution in [2.75, 3.05) is 13.6 Å². The minimum atomic E-state index is 0.237. The quantitative estimate of drug-likeness (QED) is 0.390. The van der Waals surface area contributed by atoms with Crippen molar-refractivity contribution in [1.82, 2.24) is 24.5 Å². The molecule has 1 aliphatic rings. The molecule has 9 heteroatoms. The molecule has 0 aromatic carbocycles. The van der Waals surface area contributed by atoms with E-state index in [9.17, 15) is 0 Å². The first kappa shape index (κ1) is 16.8. The van der Waals surface area contributed by atoms with E-state index >= 15 is 0 Å². The van der Waals surface area contributed by atoms with Gasteiger partial charge in [0.1, 0.15) is 11.2 Å². The molecule has 5 heterocycles. The van der Waals surface area contributed by atoms with Gasteiger partial charge in [-0.25, -0.2) is 14.5 Å². The fourth-order valence-electron chi connectivity index (χ4n) is 3.34. The zero-order chi connectivity index (χ0) is 18.4. The predicted octanol–water partition coefficient (Wildman–Crippen LogP) is 3.33. The highest BCUT2D eigenvalue weighted by molar-refractivity contribution is 7.19. The van der Waals surface area contributed by atoms with E-state index in [0.29, 0.717) is 5.82 Å². The molecule has 5 rings (SSSR count). The second kappa shape index (κ2) is 6.66. The molecule has 0 unspecified atom stereocenters. The molecule has 0 aliphatic carbocycles. The Bertz CT molecular complexity index is 1140. The van der Waals surface area contributed by atoms with Gasteiger partial charge in [0.05, 0.1) is 16.0 Å². The molecule has 0 atom stereocenters. The van der Waals surface area contributed by atoms with Crippen LogP contribution in [0.1, 0.15) is 28.1 Å². The summed E-state index contributed by atoms with van der Waals surface area (Å²) in [6, 6.07) is 4.02. The number of rotatable bonds is 4. The lowest BCUT2D eigenvalue weighted by atomic mass is 10.1. The molecule has 138 valence electrons. The molecule has 4 aromatic rings. The fourth-order valence-corrected chi connectivity index (χ4v) is 5.27. The molecule has 0 saturated carbocycles. The van der Waals surface area contributed by atoms with Crippen LogP contribution in [0.15, 0.2) is 29.0 Å². The first-order valence-electron chi connectivity index (χ1n) is 8.72. The van der Waals surface area contributed by atoms with Gasteiger partial charge in [-0.2, -0.15) is 0 Å². The third kappa shape index (κ3) is 3.01. The average molecular weight is 399 g/mol. The summed E-state index contributed by atoms with van der Waals surface area (Å²) in [5.74, 6) is 0.611. The molecule has 0 spiro atoms.